The molecule has 9 heteroatoms. The fraction of sp³-hybridized carbons (Fsp3) is 0.567. The van der Waals surface area contributed by atoms with Gasteiger partial charge in [-0.2, -0.15) is 0 Å². The number of fused-ring (bicyclic) bond motifs is 1. The highest BCUT2D eigenvalue weighted by Crippen LogP contribution is 2.55. The second-order valence-electron chi connectivity index (χ2n) is 12.2. The minimum Gasteiger partial charge on any atom is -0.351 e. The normalized spacial score (nSPS) is 24.5. The molecule has 0 unspecified atom stereocenters. The molecular formula is C30H36N4O5. The molecular weight excluding hydrogens is 496 g/mol. The summed E-state index contributed by atoms with van der Waals surface area (Å²) in [5.41, 5.74) is 2.43. The van der Waals surface area contributed by atoms with Crippen molar-refractivity contribution >= 4 is 40.2 Å². The average molecular weight is 533 g/mol. The first kappa shape index (κ1) is 25.8. The van der Waals surface area contributed by atoms with Gasteiger partial charge in [0, 0.05) is 35.8 Å². The summed E-state index contributed by atoms with van der Waals surface area (Å²) in [5.74, 6) is -2.37. The van der Waals surface area contributed by atoms with Gasteiger partial charge in [0.1, 0.15) is 17.5 Å². The highest BCUT2D eigenvalue weighted by Gasteiger charge is 2.51. The van der Waals surface area contributed by atoms with Gasteiger partial charge < -0.3 is 20.5 Å². The Balaban J connectivity index is 1.23. The van der Waals surface area contributed by atoms with Gasteiger partial charge >= 0.3 is 0 Å². The number of aryl methyl sites for hydroxylation is 1. The summed E-state index contributed by atoms with van der Waals surface area (Å²) in [6.45, 7) is 2.45. The molecule has 1 spiro atoms. The molecule has 2 aromatic rings. The Hall–Kier alpha value is -3.49. The second kappa shape index (κ2) is 9.92. The van der Waals surface area contributed by atoms with Crippen molar-refractivity contribution in [1.82, 2.24) is 20.5 Å². The van der Waals surface area contributed by atoms with E-state index < -0.39 is 29.7 Å². The van der Waals surface area contributed by atoms with Crippen LogP contribution in [0.1, 0.15) is 80.3 Å². The third-order valence-electron chi connectivity index (χ3n) is 9.13. The first-order chi connectivity index (χ1) is 18.7. The van der Waals surface area contributed by atoms with Crippen LogP contribution in [0.3, 0.4) is 0 Å². The van der Waals surface area contributed by atoms with Crippen molar-refractivity contribution in [2.45, 2.75) is 89.3 Å². The summed E-state index contributed by atoms with van der Waals surface area (Å²) in [7, 11) is 0. The SMILES string of the molecule is Cc1ccc2[nH]c(C(=O)N3CCC4(CC4)C[C@H]3C(=O)N[C@@H](C[C@@H]3CCCC3=O)C(=O)C(=O)NC3CC3)cc2c1. The number of Topliss-reactive ketones (excluding diaryl/α,β-unsaturated/α-hetero) is 2. The maximum absolute atomic E-state index is 13.8. The number of likely N-dealkylation sites (tertiary alicyclic amines) is 1. The van der Waals surface area contributed by atoms with Crippen LogP contribution in [0.25, 0.3) is 10.9 Å². The lowest BCUT2D eigenvalue weighted by Crippen LogP contribution is -2.58. The van der Waals surface area contributed by atoms with Gasteiger partial charge in [-0.25, -0.2) is 0 Å². The van der Waals surface area contributed by atoms with Crippen LogP contribution in [0, 0.1) is 18.3 Å². The Morgan fingerprint density at radius 3 is 2.59 bits per heavy atom. The predicted octanol–water partition coefficient (Wildman–Crippen LogP) is 2.95. The predicted molar refractivity (Wildman–Crippen MR) is 144 cm³/mol. The Bertz CT molecular complexity index is 1350. The van der Waals surface area contributed by atoms with Crippen molar-refractivity contribution in [2.24, 2.45) is 11.3 Å². The van der Waals surface area contributed by atoms with E-state index in [1.54, 1.807) is 4.90 Å². The Labute approximate surface area is 227 Å². The number of ketones is 2. The van der Waals surface area contributed by atoms with Crippen LogP contribution < -0.4 is 10.6 Å². The summed E-state index contributed by atoms with van der Waals surface area (Å²) in [6.07, 6.45) is 7.08. The third-order valence-corrected chi connectivity index (χ3v) is 9.13. The Morgan fingerprint density at radius 2 is 1.90 bits per heavy atom. The Morgan fingerprint density at radius 1 is 1.10 bits per heavy atom. The maximum Gasteiger partial charge on any atom is 0.289 e. The van der Waals surface area contributed by atoms with E-state index in [1.807, 2.05) is 31.2 Å². The molecule has 1 aromatic carbocycles. The second-order valence-corrected chi connectivity index (χ2v) is 12.2. The lowest BCUT2D eigenvalue weighted by atomic mass is 9.86. The zero-order chi connectivity index (χ0) is 27.3. The van der Waals surface area contributed by atoms with E-state index in [2.05, 4.69) is 15.6 Å². The molecule has 3 amide bonds. The van der Waals surface area contributed by atoms with Crippen LogP contribution in [0.5, 0.6) is 0 Å². The smallest absolute Gasteiger partial charge is 0.289 e. The molecule has 1 aromatic heterocycles. The molecule has 3 aliphatic carbocycles. The van der Waals surface area contributed by atoms with E-state index in [-0.39, 0.29) is 35.5 Å². The molecule has 1 aliphatic heterocycles. The summed E-state index contributed by atoms with van der Waals surface area (Å²) in [5, 5.41) is 6.49. The van der Waals surface area contributed by atoms with Crippen molar-refractivity contribution in [2.75, 3.05) is 6.54 Å². The van der Waals surface area contributed by atoms with Crippen LogP contribution in [0.4, 0.5) is 0 Å². The van der Waals surface area contributed by atoms with Crippen molar-refractivity contribution in [3.63, 3.8) is 0 Å². The minimum atomic E-state index is -1.09. The van der Waals surface area contributed by atoms with Gasteiger partial charge in [0.15, 0.2) is 0 Å². The number of nitrogens with one attached hydrogen (secondary N) is 3. The van der Waals surface area contributed by atoms with Gasteiger partial charge in [0.05, 0.1) is 6.04 Å². The first-order valence-electron chi connectivity index (χ1n) is 14.3. The molecule has 6 rings (SSSR count). The summed E-state index contributed by atoms with van der Waals surface area (Å²) < 4.78 is 0. The number of H-pyrrole nitrogens is 1. The summed E-state index contributed by atoms with van der Waals surface area (Å²) >= 11 is 0. The third kappa shape index (κ3) is 5.36. The molecule has 4 aliphatic rings. The van der Waals surface area contributed by atoms with Crippen molar-refractivity contribution in [1.29, 1.82) is 0 Å². The lowest BCUT2D eigenvalue weighted by molar-refractivity contribution is -0.141. The number of piperidine rings is 1. The number of benzene rings is 1. The number of rotatable bonds is 8. The molecule has 3 saturated carbocycles. The molecule has 3 atom stereocenters. The molecule has 39 heavy (non-hydrogen) atoms. The molecule has 0 radical (unpaired) electrons. The highest BCUT2D eigenvalue weighted by atomic mass is 16.2. The fourth-order valence-electron chi connectivity index (χ4n) is 6.33. The summed E-state index contributed by atoms with van der Waals surface area (Å²) in [4.78, 5) is 70.6. The number of aromatic amines is 1. The van der Waals surface area contributed by atoms with E-state index in [0.717, 1.165) is 55.0 Å². The van der Waals surface area contributed by atoms with Crippen molar-refractivity contribution in [3.05, 3.63) is 35.5 Å². The standard InChI is InChI=1S/C30H36N4O5/c1-17-5-8-21-19(13-17)15-23(32-21)29(39)34-12-11-30(9-10-30)16-24(34)27(37)33-22(14-18-3-2-4-25(18)35)26(36)28(38)31-20-6-7-20/h5,8,13,15,18,20,22,24,32H,2-4,6-7,9-12,14,16H2,1H3,(H,31,38)(H,33,37)/t18-,22-,24-/m0/s1. The van der Waals surface area contributed by atoms with Gasteiger partial charge in [0.25, 0.3) is 11.8 Å². The van der Waals surface area contributed by atoms with Crippen LogP contribution >= 0.6 is 0 Å². The lowest BCUT2D eigenvalue weighted by Gasteiger charge is -2.39. The number of hydrogen-bond donors (Lipinski definition) is 3. The summed E-state index contributed by atoms with van der Waals surface area (Å²) in [6, 6.07) is 5.92. The quantitative estimate of drug-likeness (QED) is 0.451. The van der Waals surface area contributed by atoms with E-state index >= 15 is 0 Å². The van der Waals surface area contributed by atoms with E-state index in [9.17, 15) is 24.0 Å². The van der Waals surface area contributed by atoms with Gasteiger partial charge in [0.2, 0.25) is 11.7 Å². The van der Waals surface area contributed by atoms with E-state index in [4.69, 9.17) is 0 Å². The topological polar surface area (TPSA) is 128 Å². The van der Waals surface area contributed by atoms with Gasteiger partial charge in [-0.05, 0) is 88.3 Å². The number of aromatic nitrogens is 1. The maximum atomic E-state index is 13.8. The monoisotopic (exact) mass is 532 g/mol. The van der Waals surface area contributed by atoms with Crippen molar-refractivity contribution < 1.29 is 24.0 Å². The van der Waals surface area contributed by atoms with Crippen LogP contribution in [-0.4, -0.2) is 63.8 Å². The van der Waals surface area contributed by atoms with Crippen LogP contribution in [-0.2, 0) is 19.2 Å². The van der Waals surface area contributed by atoms with Gasteiger partial charge in [-0.1, -0.05) is 11.6 Å². The Kier molecular flexibility index (Phi) is 6.55. The molecule has 0 bridgehead atoms. The van der Waals surface area contributed by atoms with Gasteiger partial charge in [-0.15, -0.1) is 0 Å². The van der Waals surface area contributed by atoms with Gasteiger partial charge in [-0.3, -0.25) is 24.0 Å². The number of hydrogen-bond acceptors (Lipinski definition) is 5. The van der Waals surface area contributed by atoms with E-state index in [0.29, 0.717) is 31.5 Å². The molecule has 1 saturated heterocycles. The van der Waals surface area contributed by atoms with Crippen molar-refractivity contribution in [3.8, 4) is 0 Å². The minimum absolute atomic E-state index is 0.00666. The highest BCUT2D eigenvalue weighted by molar-refractivity contribution is 6.38. The largest absolute Gasteiger partial charge is 0.351 e. The molecule has 206 valence electrons. The number of carbonyl (C=O) groups excluding carboxylic acids is 5. The average Bonchev–Trinajstić information content (AvgIpc) is 3.80. The van der Waals surface area contributed by atoms with E-state index in [1.165, 1.54) is 0 Å². The molecule has 3 N–H and O–H groups in total. The molecule has 2 heterocycles. The number of amides is 3. The first-order valence-corrected chi connectivity index (χ1v) is 14.3. The number of carbonyl (C=O) groups is 5. The zero-order valence-corrected chi connectivity index (χ0v) is 22.4. The van der Waals surface area contributed by atoms with Crippen LogP contribution in [0.2, 0.25) is 0 Å². The van der Waals surface area contributed by atoms with Crippen LogP contribution in [0.15, 0.2) is 24.3 Å². The molecule has 9 nitrogen and oxygen atoms in total. The fourth-order valence-corrected chi connectivity index (χ4v) is 6.33. The zero-order valence-electron chi connectivity index (χ0n) is 22.4. The molecule has 4 fully saturated rings. The number of nitrogens with zero attached hydrogens (tertiary/aromatic N) is 1.